The van der Waals surface area contributed by atoms with Crippen LogP contribution in [0, 0.1) is 5.92 Å². The maximum atomic E-state index is 10.2. The summed E-state index contributed by atoms with van der Waals surface area (Å²) in [7, 11) is 1.71. The summed E-state index contributed by atoms with van der Waals surface area (Å²) in [5, 5.41) is 10.2. The van der Waals surface area contributed by atoms with Gasteiger partial charge in [-0.1, -0.05) is 40.5 Å². The number of hydrogen-bond donors (Lipinski definition) is 1. The Bertz CT molecular complexity index is 144. The Balaban J connectivity index is 4.31. The van der Waals surface area contributed by atoms with E-state index in [1.807, 2.05) is 0 Å². The molecule has 2 nitrogen and oxygen atoms in total. The second-order valence-corrected chi connectivity index (χ2v) is 4.62. The molecule has 0 aliphatic heterocycles. The Morgan fingerprint density at radius 2 is 1.73 bits per heavy atom. The van der Waals surface area contributed by atoms with Crippen LogP contribution in [0.5, 0.6) is 0 Å². The summed E-state index contributed by atoms with van der Waals surface area (Å²) in [6, 6.07) is 0. The fourth-order valence-electron chi connectivity index (χ4n) is 2.35. The first kappa shape index (κ1) is 14.9. The number of aliphatic hydroxyl groups is 1. The van der Waals surface area contributed by atoms with E-state index in [9.17, 15) is 5.11 Å². The van der Waals surface area contributed by atoms with Gasteiger partial charge in [-0.2, -0.15) is 0 Å². The summed E-state index contributed by atoms with van der Waals surface area (Å²) < 4.78 is 5.53. The van der Waals surface area contributed by atoms with Gasteiger partial charge >= 0.3 is 0 Å². The SMILES string of the molecule is CCCC(C)CC(O)C(CC)(CC)OC. The number of hydrogen-bond acceptors (Lipinski definition) is 2. The molecule has 0 aromatic heterocycles. The van der Waals surface area contributed by atoms with Crippen molar-refractivity contribution in [1.29, 1.82) is 0 Å². The molecule has 2 atom stereocenters. The molecular weight excluding hydrogens is 188 g/mol. The summed E-state index contributed by atoms with van der Waals surface area (Å²) in [6.45, 7) is 8.56. The molecule has 0 aromatic carbocycles. The lowest BCUT2D eigenvalue weighted by molar-refractivity contribution is -0.114. The van der Waals surface area contributed by atoms with Gasteiger partial charge in [0, 0.05) is 7.11 Å². The van der Waals surface area contributed by atoms with Gasteiger partial charge in [0.25, 0.3) is 0 Å². The molecule has 0 radical (unpaired) electrons. The van der Waals surface area contributed by atoms with E-state index in [0.717, 1.165) is 19.3 Å². The zero-order valence-electron chi connectivity index (χ0n) is 11.0. The van der Waals surface area contributed by atoms with Crippen molar-refractivity contribution in [2.75, 3.05) is 7.11 Å². The molecule has 0 fully saturated rings. The van der Waals surface area contributed by atoms with Gasteiger partial charge in [-0.3, -0.25) is 0 Å². The van der Waals surface area contributed by atoms with Crippen LogP contribution in [0.1, 0.15) is 59.8 Å². The van der Waals surface area contributed by atoms with Crippen LogP contribution in [0.4, 0.5) is 0 Å². The van der Waals surface area contributed by atoms with Crippen LogP contribution in [-0.2, 0) is 4.74 Å². The largest absolute Gasteiger partial charge is 0.390 e. The topological polar surface area (TPSA) is 29.5 Å². The molecule has 0 saturated carbocycles. The third kappa shape index (κ3) is 4.12. The minimum absolute atomic E-state index is 0.331. The molecule has 0 saturated heterocycles. The highest BCUT2D eigenvalue weighted by molar-refractivity contribution is 4.86. The van der Waals surface area contributed by atoms with E-state index in [-0.39, 0.29) is 11.7 Å². The van der Waals surface area contributed by atoms with Gasteiger partial charge < -0.3 is 9.84 Å². The summed E-state index contributed by atoms with van der Waals surface area (Å²) >= 11 is 0. The van der Waals surface area contributed by atoms with Crippen LogP contribution < -0.4 is 0 Å². The minimum Gasteiger partial charge on any atom is -0.390 e. The first-order valence-electron chi connectivity index (χ1n) is 6.29. The molecule has 0 aliphatic rings. The van der Waals surface area contributed by atoms with Crippen molar-refractivity contribution in [2.45, 2.75) is 71.5 Å². The Hall–Kier alpha value is -0.0800. The molecule has 0 heterocycles. The van der Waals surface area contributed by atoms with Crippen LogP contribution in [-0.4, -0.2) is 23.9 Å². The molecule has 0 aromatic rings. The fourth-order valence-corrected chi connectivity index (χ4v) is 2.35. The Morgan fingerprint density at radius 3 is 2.07 bits per heavy atom. The smallest absolute Gasteiger partial charge is 0.0931 e. The molecule has 0 spiro atoms. The van der Waals surface area contributed by atoms with Crippen molar-refractivity contribution in [3.63, 3.8) is 0 Å². The van der Waals surface area contributed by atoms with Crippen molar-refractivity contribution >= 4 is 0 Å². The van der Waals surface area contributed by atoms with E-state index < -0.39 is 0 Å². The number of ether oxygens (including phenoxy) is 1. The van der Waals surface area contributed by atoms with Gasteiger partial charge in [-0.25, -0.2) is 0 Å². The molecule has 0 amide bonds. The van der Waals surface area contributed by atoms with Crippen LogP contribution in [0.2, 0.25) is 0 Å². The Labute approximate surface area is 95.0 Å². The van der Waals surface area contributed by atoms with Gasteiger partial charge in [0.05, 0.1) is 11.7 Å². The second-order valence-electron chi connectivity index (χ2n) is 4.62. The van der Waals surface area contributed by atoms with Crippen LogP contribution >= 0.6 is 0 Å². The van der Waals surface area contributed by atoms with Gasteiger partial charge in [0.15, 0.2) is 0 Å². The van der Waals surface area contributed by atoms with Gasteiger partial charge in [-0.15, -0.1) is 0 Å². The standard InChI is InChI=1S/C13H28O2/c1-6-9-11(4)10-12(14)13(7-2,8-3)15-5/h11-12,14H,6-10H2,1-5H3. The van der Waals surface area contributed by atoms with Crippen molar-refractivity contribution in [2.24, 2.45) is 5.92 Å². The fraction of sp³-hybridized carbons (Fsp3) is 1.00. The molecule has 0 rings (SSSR count). The van der Waals surface area contributed by atoms with Crippen LogP contribution in [0.25, 0.3) is 0 Å². The van der Waals surface area contributed by atoms with Crippen molar-refractivity contribution in [3.05, 3.63) is 0 Å². The maximum absolute atomic E-state index is 10.2. The molecule has 2 unspecified atom stereocenters. The normalized spacial score (nSPS) is 16.4. The zero-order chi connectivity index (χ0) is 11.9. The molecule has 15 heavy (non-hydrogen) atoms. The van der Waals surface area contributed by atoms with E-state index in [4.69, 9.17) is 4.74 Å². The number of rotatable bonds is 8. The van der Waals surface area contributed by atoms with Gasteiger partial charge in [0.1, 0.15) is 0 Å². The van der Waals surface area contributed by atoms with Crippen molar-refractivity contribution in [1.82, 2.24) is 0 Å². The summed E-state index contributed by atoms with van der Waals surface area (Å²) in [6.07, 6.45) is 4.64. The van der Waals surface area contributed by atoms with E-state index >= 15 is 0 Å². The third-order valence-electron chi connectivity index (χ3n) is 3.62. The second kappa shape index (κ2) is 7.24. The Morgan fingerprint density at radius 1 is 1.20 bits per heavy atom. The number of methoxy groups -OCH3 is 1. The highest BCUT2D eigenvalue weighted by atomic mass is 16.5. The first-order valence-corrected chi connectivity index (χ1v) is 6.29. The zero-order valence-corrected chi connectivity index (χ0v) is 11.0. The lowest BCUT2D eigenvalue weighted by Gasteiger charge is -2.36. The summed E-state index contributed by atoms with van der Waals surface area (Å²) in [5.41, 5.74) is -0.331. The average Bonchev–Trinajstić information content (AvgIpc) is 2.21. The molecular formula is C13H28O2. The van der Waals surface area contributed by atoms with Crippen molar-refractivity contribution < 1.29 is 9.84 Å². The molecule has 92 valence electrons. The average molecular weight is 216 g/mol. The maximum Gasteiger partial charge on any atom is 0.0931 e. The van der Waals surface area contributed by atoms with Gasteiger partial charge in [-0.05, 0) is 25.2 Å². The van der Waals surface area contributed by atoms with E-state index in [1.165, 1.54) is 12.8 Å². The monoisotopic (exact) mass is 216 g/mol. The Kier molecular flexibility index (Phi) is 7.20. The molecule has 1 N–H and O–H groups in total. The quantitative estimate of drug-likeness (QED) is 0.674. The van der Waals surface area contributed by atoms with Crippen LogP contribution in [0.15, 0.2) is 0 Å². The first-order chi connectivity index (χ1) is 7.06. The minimum atomic E-state index is -0.334. The molecule has 0 aliphatic carbocycles. The number of aliphatic hydroxyl groups excluding tert-OH is 1. The summed E-state index contributed by atoms with van der Waals surface area (Å²) in [4.78, 5) is 0. The van der Waals surface area contributed by atoms with Crippen LogP contribution in [0.3, 0.4) is 0 Å². The van der Waals surface area contributed by atoms with E-state index in [0.29, 0.717) is 5.92 Å². The molecule has 0 bridgehead atoms. The van der Waals surface area contributed by atoms with E-state index in [1.54, 1.807) is 7.11 Å². The third-order valence-corrected chi connectivity index (χ3v) is 3.62. The van der Waals surface area contributed by atoms with E-state index in [2.05, 4.69) is 27.7 Å². The predicted octanol–water partition coefficient (Wildman–Crippen LogP) is 3.38. The highest BCUT2D eigenvalue weighted by Crippen LogP contribution is 2.29. The summed E-state index contributed by atoms with van der Waals surface area (Å²) in [5.74, 6) is 0.581. The highest BCUT2D eigenvalue weighted by Gasteiger charge is 2.34. The predicted molar refractivity (Wildman–Crippen MR) is 65.0 cm³/mol. The lowest BCUT2D eigenvalue weighted by Crippen LogP contribution is -2.44. The van der Waals surface area contributed by atoms with Gasteiger partial charge in [0.2, 0.25) is 0 Å². The van der Waals surface area contributed by atoms with Crippen molar-refractivity contribution in [3.8, 4) is 0 Å². The molecule has 2 heteroatoms. The lowest BCUT2D eigenvalue weighted by atomic mass is 9.84.